The van der Waals surface area contributed by atoms with Crippen molar-refractivity contribution < 1.29 is 5.11 Å². The molecule has 0 aliphatic heterocycles. The molecule has 4 unspecified atom stereocenters. The van der Waals surface area contributed by atoms with E-state index in [-0.39, 0.29) is 5.54 Å². The minimum Gasteiger partial charge on any atom is -0.396 e. The molecule has 0 aliphatic rings. The molecule has 0 rings (SSSR count). The minimum atomic E-state index is 0.176. The first kappa shape index (κ1) is 22.9. The van der Waals surface area contributed by atoms with Crippen molar-refractivity contribution in [2.24, 2.45) is 17.8 Å². The lowest BCUT2D eigenvalue weighted by Gasteiger charge is -2.34. The van der Waals surface area contributed by atoms with E-state index in [1.54, 1.807) is 0 Å². The molecule has 0 radical (unpaired) electrons. The highest BCUT2D eigenvalue weighted by Crippen LogP contribution is 2.28. The van der Waals surface area contributed by atoms with Crippen LogP contribution in [0.2, 0.25) is 0 Å². The van der Waals surface area contributed by atoms with E-state index in [9.17, 15) is 5.11 Å². The number of hydrogen-bond acceptors (Lipinski definition) is 2. The van der Waals surface area contributed by atoms with Gasteiger partial charge in [-0.05, 0) is 57.8 Å². The third kappa shape index (κ3) is 12.0. The van der Waals surface area contributed by atoms with Crippen molar-refractivity contribution >= 4 is 0 Å². The Morgan fingerprint density at radius 1 is 0.913 bits per heavy atom. The van der Waals surface area contributed by atoms with Crippen molar-refractivity contribution in [3.63, 3.8) is 0 Å². The zero-order valence-corrected chi connectivity index (χ0v) is 17.1. The maximum atomic E-state index is 9.22. The molecule has 4 atom stereocenters. The first-order valence-electron chi connectivity index (χ1n) is 10.1. The van der Waals surface area contributed by atoms with Crippen molar-refractivity contribution in [3.05, 3.63) is 0 Å². The van der Waals surface area contributed by atoms with Crippen LogP contribution in [0.3, 0.4) is 0 Å². The molecule has 0 spiro atoms. The predicted octanol–water partition coefficient (Wildman–Crippen LogP) is 5.78. The Morgan fingerprint density at radius 3 is 2.09 bits per heavy atom. The smallest absolute Gasteiger partial charge is 0.0457 e. The number of rotatable bonds is 14. The number of hydrogen-bond donors (Lipinski definition) is 2. The Bertz CT molecular complexity index is 277. The van der Waals surface area contributed by atoms with Crippen LogP contribution in [0.4, 0.5) is 0 Å². The Morgan fingerprint density at radius 2 is 1.57 bits per heavy atom. The van der Waals surface area contributed by atoms with Crippen LogP contribution in [0.1, 0.15) is 99.8 Å². The van der Waals surface area contributed by atoms with Gasteiger partial charge in [-0.1, -0.05) is 59.8 Å². The second kappa shape index (κ2) is 12.3. The molecule has 2 N–H and O–H groups in total. The second-order valence-electron chi connectivity index (χ2n) is 8.79. The summed E-state index contributed by atoms with van der Waals surface area (Å²) in [4.78, 5) is 0. The van der Waals surface area contributed by atoms with Gasteiger partial charge in [-0.2, -0.15) is 0 Å². The van der Waals surface area contributed by atoms with E-state index in [2.05, 4.69) is 53.8 Å². The van der Waals surface area contributed by atoms with E-state index in [4.69, 9.17) is 0 Å². The lowest BCUT2D eigenvalue weighted by atomic mass is 9.82. The molecule has 0 aromatic heterocycles. The van der Waals surface area contributed by atoms with Gasteiger partial charge in [-0.15, -0.1) is 0 Å². The van der Waals surface area contributed by atoms with Crippen molar-refractivity contribution in [3.8, 4) is 0 Å². The van der Waals surface area contributed by atoms with E-state index in [1.807, 2.05) is 0 Å². The zero-order valence-electron chi connectivity index (χ0n) is 17.1. The van der Waals surface area contributed by atoms with Gasteiger partial charge < -0.3 is 10.4 Å². The normalized spacial score (nSPS) is 17.7. The largest absolute Gasteiger partial charge is 0.396 e. The average molecular weight is 328 g/mol. The Balaban J connectivity index is 4.33. The molecule has 2 nitrogen and oxygen atoms in total. The van der Waals surface area contributed by atoms with Crippen LogP contribution in [0, 0.1) is 17.8 Å². The fraction of sp³-hybridized carbons (Fsp3) is 1.00. The predicted molar refractivity (Wildman–Crippen MR) is 104 cm³/mol. The lowest BCUT2D eigenvalue weighted by Crippen LogP contribution is -2.46. The summed E-state index contributed by atoms with van der Waals surface area (Å²) in [6.07, 6.45) is 10.5. The fourth-order valence-electron chi connectivity index (χ4n) is 4.27. The standard InChI is InChI=1S/C21H45NO/c1-8-10-12-20(11-9-2)14-17(3)15-21(6,7)22-19(5)13-18(4)16-23/h17-20,22-23H,8-16H2,1-7H3. The van der Waals surface area contributed by atoms with Crippen LogP contribution in [0.15, 0.2) is 0 Å². The molecule has 0 saturated carbocycles. The summed E-state index contributed by atoms with van der Waals surface area (Å²) in [7, 11) is 0. The third-order valence-corrected chi connectivity index (χ3v) is 4.96. The molecule has 0 fully saturated rings. The lowest BCUT2D eigenvalue weighted by molar-refractivity contribution is 0.198. The number of nitrogens with one attached hydrogen (secondary N) is 1. The van der Waals surface area contributed by atoms with E-state index in [0.29, 0.717) is 18.6 Å². The first-order valence-corrected chi connectivity index (χ1v) is 10.1. The van der Waals surface area contributed by atoms with Gasteiger partial charge in [-0.3, -0.25) is 0 Å². The molecule has 0 amide bonds. The maximum absolute atomic E-state index is 9.22. The first-order chi connectivity index (χ1) is 10.7. The summed E-state index contributed by atoms with van der Waals surface area (Å²) in [5.41, 5.74) is 0.176. The van der Waals surface area contributed by atoms with Gasteiger partial charge in [0.05, 0.1) is 0 Å². The highest BCUT2D eigenvalue weighted by Gasteiger charge is 2.24. The summed E-state index contributed by atoms with van der Waals surface area (Å²) in [6.45, 7) is 16.4. The molecule has 0 aromatic carbocycles. The van der Waals surface area contributed by atoms with Gasteiger partial charge in [0.25, 0.3) is 0 Å². The van der Waals surface area contributed by atoms with E-state index in [0.717, 1.165) is 18.3 Å². The Labute approximate surface area is 146 Å². The number of aliphatic hydroxyl groups excluding tert-OH is 1. The van der Waals surface area contributed by atoms with E-state index >= 15 is 0 Å². The second-order valence-corrected chi connectivity index (χ2v) is 8.79. The fourth-order valence-corrected chi connectivity index (χ4v) is 4.27. The van der Waals surface area contributed by atoms with Crippen LogP contribution in [-0.2, 0) is 0 Å². The summed E-state index contributed by atoms with van der Waals surface area (Å²) in [6, 6.07) is 0.464. The van der Waals surface area contributed by atoms with Gasteiger partial charge in [0.1, 0.15) is 0 Å². The summed E-state index contributed by atoms with van der Waals surface area (Å²) >= 11 is 0. The highest BCUT2D eigenvalue weighted by atomic mass is 16.3. The quantitative estimate of drug-likeness (QED) is 0.423. The van der Waals surface area contributed by atoms with Gasteiger partial charge in [-0.25, -0.2) is 0 Å². The monoisotopic (exact) mass is 327 g/mol. The third-order valence-electron chi connectivity index (χ3n) is 4.96. The molecular weight excluding hydrogens is 282 g/mol. The van der Waals surface area contributed by atoms with Gasteiger partial charge in [0, 0.05) is 18.2 Å². The molecule has 23 heavy (non-hydrogen) atoms. The van der Waals surface area contributed by atoms with Crippen molar-refractivity contribution in [2.75, 3.05) is 6.61 Å². The molecule has 0 saturated heterocycles. The average Bonchev–Trinajstić information content (AvgIpc) is 2.43. The summed E-state index contributed by atoms with van der Waals surface area (Å²) in [5.74, 6) is 2.07. The van der Waals surface area contributed by atoms with Crippen LogP contribution >= 0.6 is 0 Å². The SMILES string of the molecule is CCCCC(CCC)CC(C)CC(C)(C)NC(C)CC(C)CO. The molecule has 2 heteroatoms. The molecule has 0 aliphatic carbocycles. The van der Waals surface area contributed by atoms with Gasteiger partial charge >= 0.3 is 0 Å². The zero-order chi connectivity index (χ0) is 17.9. The molecule has 0 aromatic rings. The topological polar surface area (TPSA) is 32.3 Å². The molecular formula is C21H45NO. The highest BCUT2D eigenvalue weighted by molar-refractivity contribution is 4.84. The number of aliphatic hydroxyl groups is 1. The molecule has 140 valence electrons. The van der Waals surface area contributed by atoms with Gasteiger partial charge in [0.15, 0.2) is 0 Å². The Hall–Kier alpha value is -0.0800. The summed E-state index contributed by atoms with van der Waals surface area (Å²) in [5, 5.41) is 13.0. The van der Waals surface area contributed by atoms with Gasteiger partial charge in [0.2, 0.25) is 0 Å². The van der Waals surface area contributed by atoms with E-state index < -0.39 is 0 Å². The van der Waals surface area contributed by atoms with E-state index in [1.165, 1.54) is 44.9 Å². The van der Waals surface area contributed by atoms with Crippen molar-refractivity contribution in [1.29, 1.82) is 0 Å². The van der Waals surface area contributed by atoms with Crippen LogP contribution in [0.5, 0.6) is 0 Å². The molecule has 0 bridgehead atoms. The number of unbranched alkanes of at least 4 members (excludes halogenated alkanes) is 1. The maximum Gasteiger partial charge on any atom is 0.0457 e. The minimum absolute atomic E-state index is 0.176. The Kier molecular flexibility index (Phi) is 12.3. The van der Waals surface area contributed by atoms with Crippen LogP contribution in [0.25, 0.3) is 0 Å². The van der Waals surface area contributed by atoms with Crippen LogP contribution < -0.4 is 5.32 Å². The summed E-state index contributed by atoms with van der Waals surface area (Å²) < 4.78 is 0. The van der Waals surface area contributed by atoms with Crippen molar-refractivity contribution in [1.82, 2.24) is 5.32 Å². The van der Waals surface area contributed by atoms with Crippen LogP contribution in [-0.4, -0.2) is 23.3 Å². The van der Waals surface area contributed by atoms with Crippen molar-refractivity contribution in [2.45, 2.75) is 111 Å². The molecule has 0 heterocycles.